The maximum absolute atomic E-state index is 12.3. The van der Waals surface area contributed by atoms with Crippen molar-refractivity contribution in [3.05, 3.63) is 64.6 Å². The first-order valence-electron chi connectivity index (χ1n) is 6.98. The van der Waals surface area contributed by atoms with Gasteiger partial charge in [-0.1, -0.05) is 12.1 Å². The molecule has 6 nitrogen and oxygen atoms in total. The van der Waals surface area contributed by atoms with E-state index in [4.69, 9.17) is 0 Å². The second-order valence-electron chi connectivity index (χ2n) is 5.13. The first-order chi connectivity index (χ1) is 11.4. The highest BCUT2D eigenvalue weighted by molar-refractivity contribution is 7.94. The zero-order valence-electron chi connectivity index (χ0n) is 12.6. The number of anilines is 1. The monoisotopic (exact) mass is 343 g/mol. The van der Waals surface area contributed by atoms with E-state index in [1.165, 1.54) is 31.4 Å². The Morgan fingerprint density at radius 1 is 1.04 bits per heavy atom. The van der Waals surface area contributed by atoms with E-state index in [1.807, 2.05) is 0 Å². The predicted molar refractivity (Wildman–Crippen MR) is 88.4 cm³/mol. The Hall–Kier alpha value is -2.93. The molecule has 7 heteroatoms. The van der Waals surface area contributed by atoms with Gasteiger partial charge >= 0.3 is 5.97 Å². The van der Waals surface area contributed by atoms with Crippen LogP contribution in [0.25, 0.3) is 6.08 Å². The minimum absolute atomic E-state index is 0.156. The maximum Gasteiger partial charge on any atom is 0.337 e. The minimum atomic E-state index is -3.44. The van der Waals surface area contributed by atoms with Gasteiger partial charge in [-0.2, -0.15) is 0 Å². The molecule has 2 aromatic carbocycles. The van der Waals surface area contributed by atoms with Crippen LogP contribution >= 0.6 is 0 Å². The van der Waals surface area contributed by atoms with Crippen LogP contribution in [0.5, 0.6) is 0 Å². The summed E-state index contributed by atoms with van der Waals surface area (Å²) in [4.78, 5) is 24.0. The van der Waals surface area contributed by atoms with Gasteiger partial charge < -0.3 is 10.1 Å². The molecule has 0 spiro atoms. The van der Waals surface area contributed by atoms with E-state index in [0.717, 1.165) is 5.41 Å². The molecule has 1 aliphatic heterocycles. The Morgan fingerprint density at radius 2 is 1.79 bits per heavy atom. The van der Waals surface area contributed by atoms with Crippen molar-refractivity contribution < 1.29 is 22.7 Å². The summed E-state index contributed by atoms with van der Waals surface area (Å²) < 4.78 is 28.3. The van der Waals surface area contributed by atoms with Gasteiger partial charge in [-0.25, -0.2) is 13.2 Å². The molecule has 1 aliphatic rings. The lowest BCUT2D eigenvalue weighted by Gasteiger charge is -2.08. The zero-order chi connectivity index (χ0) is 17.3. The van der Waals surface area contributed by atoms with Crippen LogP contribution in [0, 0.1) is 0 Å². The SMILES string of the molecule is COC(=O)c1cccc(C(=O)Nc2ccc3c(c2)S(=O)(=O)C=C3)c1. The van der Waals surface area contributed by atoms with Crippen molar-refractivity contribution in [3.8, 4) is 0 Å². The van der Waals surface area contributed by atoms with E-state index in [0.29, 0.717) is 11.3 Å². The Morgan fingerprint density at radius 3 is 2.54 bits per heavy atom. The highest BCUT2D eigenvalue weighted by Crippen LogP contribution is 2.29. The molecule has 0 aliphatic carbocycles. The number of hydrogen-bond acceptors (Lipinski definition) is 5. The lowest BCUT2D eigenvalue weighted by atomic mass is 10.1. The number of methoxy groups -OCH3 is 1. The number of amides is 1. The average Bonchev–Trinajstić information content (AvgIpc) is 2.89. The molecule has 2 aromatic rings. The predicted octanol–water partition coefficient (Wildman–Crippen LogP) is 2.48. The number of esters is 1. The molecule has 0 radical (unpaired) electrons. The number of carbonyl (C=O) groups excluding carboxylic acids is 2. The minimum Gasteiger partial charge on any atom is -0.465 e. The smallest absolute Gasteiger partial charge is 0.337 e. The average molecular weight is 343 g/mol. The molecule has 1 N–H and O–H groups in total. The van der Waals surface area contributed by atoms with Crippen molar-refractivity contribution in [2.24, 2.45) is 0 Å². The number of ether oxygens (including phenoxy) is 1. The summed E-state index contributed by atoms with van der Waals surface area (Å²) in [7, 11) is -2.18. The summed E-state index contributed by atoms with van der Waals surface area (Å²) in [6.45, 7) is 0. The Labute approximate surface area is 138 Å². The van der Waals surface area contributed by atoms with Crippen LogP contribution in [0.15, 0.2) is 52.8 Å². The molecule has 0 aromatic heterocycles. The van der Waals surface area contributed by atoms with E-state index in [1.54, 1.807) is 24.3 Å². The van der Waals surface area contributed by atoms with Gasteiger partial charge in [0.25, 0.3) is 5.91 Å². The van der Waals surface area contributed by atoms with Gasteiger partial charge in [0.1, 0.15) is 0 Å². The number of carbonyl (C=O) groups is 2. The summed E-state index contributed by atoms with van der Waals surface area (Å²) >= 11 is 0. The molecule has 24 heavy (non-hydrogen) atoms. The van der Waals surface area contributed by atoms with Crippen LogP contribution in [-0.2, 0) is 14.6 Å². The van der Waals surface area contributed by atoms with Crippen LogP contribution < -0.4 is 5.32 Å². The molecule has 1 amide bonds. The normalized spacial score (nSPS) is 14.0. The van der Waals surface area contributed by atoms with Crippen LogP contribution in [-0.4, -0.2) is 27.4 Å². The van der Waals surface area contributed by atoms with Crippen LogP contribution in [0.1, 0.15) is 26.3 Å². The van der Waals surface area contributed by atoms with Gasteiger partial charge in [-0.3, -0.25) is 4.79 Å². The van der Waals surface area contributed by atoms with Crippen molar-refractivity contribution >= 4 is 33.5 Å². The number of sulfone groups is 1. The number of nitrogens with one attached hydrogen (secondary N) is 1. The summed E-state index contributed by atoms with van der Waals surface area (Å²) in [5.74, 6) is -0.997. The number of rotatable bonds is 3. The summed E-state index contributed by atoms with van der Waals surface area (Å²) in [6, 6.07) is 10.7. The Balaban J connectivity index is 1.85. The van der Waals surface area contributed by atoms with Gasteiger partial charge in [-0.15, -0.1) is 0 Å². The second-order valence-corrected chi connectivity index (χ2v) is 6.93. The number of benzene rings is 2. The molecule has 3 rings (SSSR count). The van der Waals surface area contributed by atoms with E-state index in [-0.39, 0.29) is 16.0 Å². The van der Waals surface area contributed by atoms with Gasteiger partial charge in [0.15, 0.2) is 0 Å². The van der Waals surface area contributed by atoms with Crippen molar-refractivity contribution in [1.82, 2.24) is 0 Å². The van der Waals surface area contributed by atoms with Crippen LogP contribution in [0.3, 0.4) is 0 Å². The topological polar surface area (TPSA) is 89.5 Å². The molecule has 0 atom stereocenters. The fourth-order valence-electron chi connectivity index (χ4n) is 2.34. The first-order valence-corrected chi connectivity index (χ1v) is 8.52. The van der Waals surface area contributed by atoms with E-state index >= 15 is 0 Å². The van der Waals surface area contributed by atoms with Crippen molar-refractivity contribution in [1.29, 1.82) is 0 Å². The quantitative estimate of drug-likeness (QED) is 0.865. The lowest BCUT2D eigenvalue weighted by molar-refractivity contribution is 0.0600. The molecule has 0 unspecified atom stereocenters. The van der Waals surface area contributed by atoms with E-state index < -0.39 is 21.7 Å². The fourth-order valence-corrected chi connectivity index (χ4v) is 3.57. The molecule has 1 heterocycles. The fraction of sp³-hybridized carbons (Fsp3) is 0.0588. The molecular formula is C17H13NO5S. The van der Waals surface area contributed by atoms with E-state index in [9.17, 15) is 18.0 Å². The van der Waals surface area contributed by atoms with Crippen molar-refractivity contribution in [3.63, 3.8) is 0 Å². The molecular weight excluding hydrogens is 330 g/mol. The molecule has 0 saturated carbocycles. The molecule has 122 valence electrons. The highest BCUT2D eigenvalue weighted by atomic mass is 32.2. The third kappa shape index (κ3) is 2.93. The lowest BCUT2D eigenvalue weighted by Crippen LogP contribution is -2.13. The first kappa shape index (κ1) is 15.9. The summed E-state index contributed by atoms with van der Waals surface area (Å²) in [6.07, 6.45) is 1.51. The number of hydrogen-bond donors (Lipinski definition) is 1. The molecule has 0 bridgehead atoms. The zero-order valence-corrected chi connectivity index (χ0v) is 13.5. The van der Waals surface area contributed by atoms with Gasteiger partial charge in [0, 0.05) is 16.7 Å². The van der Waals surface area contributed by atoms with Crippen LogP contribution in [0.2, 0.25) is 0 Å². The van der Waals surface area contributed by atoms with Gasteiger partial charge in [0.05, 0.1) is 17.6 Å². The molecule has 0 fully saturated rings. The summed E-state index contributed by atoms with van der Waals surface area (Å²) in [5.41, 5.74) is 1.46. The largest absolute Gasteiger partial charge is 0.465 e. The highest BCUT2D eigenvalue weighted by Gasteiger charge is 2.21. The Kier molecular flexibility index (Phi) is 3.94. The van der Waals surface area contributed by atoms with E-state index in [2.05, 4.69) is 10.1 Å². The third-order valence-corrected chi connectivity index (χ3v) is 5.01. The molecule has 0 saturated heterocycles. The van der Waals surface area contributed by atoms with Crippen LogP contribution in [0.4, 0.5) is 5.69 Å². The number of fused-ring (bicyclic) bond motifs is 1. The van der Waals surface area contributed by atoms with Gasteiger partial charge in [-0.05, 0) is 42.0 Å². The second kappa shape index (κ2) is 5.93. The van der Waals surface area contributed by atoms with Crippen molar-refractivity contribution in [2.45, 2.75) is 4.90 Å². The maximum atomic E-state index is 12.3. The summed E-state index contributed by atoms with van der Waals surface area (Å²) in [5, 5.41) is 3.75. The third-order valence-electron chi connectivity index (χ3n) is 3.55. The standard InChI is InChI=1S/C17H13NO5S/c1-23-17(20)13-4-2-3-12(9-13)16(19)18-14-6-5-11-7-8-24(21,22)15(11)10-14/h2-10H,1H3,(H,18,19). The van der Waals surface area contributed by atoms with Crippen molar-refractivity contribution in [2.75, 3.05) is 12.4 Å². The Bertz CT molecular complexity index is 976. The van der Waals surface area contributed by atoms with Gasteiger partial charge in [0.2, 0.25) is 9.84 Å².